The van der Waals surface area contributed by atoms with Crippen LogP contribution in [0, 0.1) is 0 Å². The molecule has 1 heterocycles. The first-order chi connectivity index (χ1) is 10.4. The van der Waals surface area contributed by atoms with Crippen molar-refractivity contribution in [3.63, 3.8) is 0 Å². The molecule has 1 aliphatic rings. The molecule has 0 spiro atoms. The minimum absolute atomic E-state index is 0.00399. The summed E-state index contributed by atoms with van der Waals surface area (Å²) in [6.45, 7) is 2.23. The highest BCUT2D eigenvalue weighted by Crippen LogP contribution is 2.40. The Labute approximate surface area is 129 Å². The Balaban J connectivity index is 1.81. The molecule has 22 heavy (non-hydrogen) atoms. The first kappa shape index (κ1) is 14.7. The van der Waals surface area contributed by atoms with E-state index in [-0.39, 0.29) is 12.8 Å². The van der Waals surface area contributed by atoms with Gasteiger partial charge in [-0.1, -0.05) is 18.2 Å². The highest BCUT2D eigenvalue weighted by molar-refractivity contribution is 7.90. The highest BCUT2D eigenvalue weighted by atomic mass is 32.2. The Kier molecular flexibility index (Phi) is 3.70. The number of para-hydroxylation sites is 1. The zero-order chi connectivity index (χ0) is 15.7. The van der Waals surface area contributed by atoms with Gasteiger partial charge in [-0.3, -0.25) is 0 Å². The van der Waals surface area contributed by atoms with Gasteiger partial charge in [0.05, 0.1) is 10.6 Å². The van der Waals surface area contributed by atoms with Gasteiger partial charge in [-0.25, -0.2) is 8.42 Å². The first-order valence-corrected chi connectivity index (χ1v) is 8.79. The number of sulfone groups is 1. The van der Waals surface area contributed by atoms with E-state index in [1.54, 1.807) is 12.1 Å². The van der Waals surface area contributed by atoms with E-state index in [1.807, 2.05) is 37.3 Å². The van der Waals surface area contributed by atoms with E-state index in [0.717, 1.165) is 17.0 Å². The molecular weight excluding hydrogens is 302 g/mol. The molecule has 1 atom stereocenters. The standard InChI is InChI=1S/C16H17NO4S/c1-11(12-6-8-13(9-7-12)22(2,18)19)17-14-4-3-5-15-16(14)21-10-20-15/h3-9,11,17H,10H2,1-2H3/t11-/m0/s1. The maximum Gasteiger partial charge on any atom is 0.231 e. The Morgan fingerprint density at radius 2 is 1.82 bits per heavy atom. The third kappa shape index (κ3) is 2.87. The second-order valence-corrected chi connectivity index (χ2v) is 7.26. The van der Waals surface area contributed by atoms with Crippen LogP contribution in [0.1, 0.15) is 18.5 Å². The largest absolute Gasteiger partial charge is 0.454 e. The quantitative estimate of drug-likeness (QED) is 0.938. The van der Waals surface area contributed by atoms with E-state index in [1.165, 1.54) is 6.26 Å². The van der Waals surface area contributed by atoms with Gasteiger partial charge in [0.2, 0.25) is 6.79 Å². The van der Waals surface area contributed by atoms with Crippen LogP contribution in [0.2, 0.25) is 0 Å². The molecule has 116 valence electrons. The highest BCUT2D eigenvalue weighted by Gasteiger charge is 2.18. The molecule has 1 aliphatic heterocycles. The summed E-state index contributed by atoms with van der Waals surface area (Å²) >= 11 is 0. The van der Waals surface area contributed by atoms with E-state index >= 15 is 0 Å². The number of nitrogens with one attached hydrogen (secondary N) is 1. The summed E-state index contributed by atoms with van der Waals surface area (Å²) in [7, 11) is -3.17. The Bertz CT molecular complexity index is 784. The lowest BCUT2D eigenvalue weighted by Crippen LogP contribution is -2.08. The van der Waals surface area contributed by atoms with Crippen LogP contribution in [0.3, 0.4) is 0 Å². The molecule has 5 nitrogen and oxygen atoms in total. The van der Waals surface area contributed by atoms with Crippen molar-refractivity contribution in [3.05, 3.63) is 48.0 Å². The predicted octanol–water partition coefficient (Wildman–Crippen LogP) is 2.99. The smallest absolute Gasteiger partial charge is 0.231 e. The predicted molar refractivity (Wildman–Crippen MR) is 84.2 cm³/mol. The Morgan fingerprint density at radius 1 is 1.09 bits per heavy atom. The van der Waals surface area contributed by atoms with Gasteiger partial charge >= 0.3 is 0 Å². The molecule has 6 heteroatoms. The fourth-order valence-electron chi connectivity index (χ4n) is 2.36. The van der Waals surface area contributed by atoms with E-state index in [9.17, 15) is 8.42 Å². The Morgan fingerprint density at radius 3 is 2.50 bits per heavy atom. The molecule has 0 saturated heterocycles. The normalized spacial score (nSPS) is 14.6. The van der Waals surface area contributed by atoms with Crippen molar-refractivity contribution in [1.82, 2.24) is 0 Å². The SMILES string of the molecule is C[C@H](Nc1cccc2c1OCO2)c1ccc(S(C)(=O)=O)cc1. The van der Waals surface area contributed by atoms with Crippen LogP contribution in [-0.2, 0) is 9.84 Å². The van der Waals surface area contributed by atoms with Gasteiger partial charge in [-0.05, 0) is 36.8 Å². The fraction of sp³-hybridized carbons (Fsp3) is 0.250. The topological polar surface area (TPSA) is 64.6 Å². The molecule has 3 rings (SSSR count). The summed E-state index contributed by atoms with van der Waals surface area (Å²) in [6.07, 6.45) is 1.20. The molecule has 0 aliphatic carbocycles. The van der Waals surface area contributed by atoms with E-state index in [0.29, 0.717) is 10.6 Å². The lowest BCUT2D eigenvalue weighted by atomic mass is 10.1. The number of hydrogen-bond donors (Lipinski definition) is 1. The third-order valence-electron chi connectivity index (χ3n) is 3.58. The van der Waals surface area contributed by atoms with Crippen LogP contribution < -0.4 is 14.8 Å². The maximum absolute atomic E-state index is 11.5. The van der Waals surface area contributed by atoms with Crippen molar-refractivity contribution in [2.75, 3.05) is 18.4 Å². The summed E-state index contributed by atoms with van der Waals surface area (Å²) < 4.78 is 33.8. The van der Waals surface area contributed by atoms with Crippen LogP contribution in [0.15, 0.2) is 47.4 Å². The molecule has 2 aromatic rings. The number of hydrogen-bond acceptors (Lipinski definition) is 5. The lowest BCUT2D eigenvalue weighted by molar-refractivity contribution is 0.174. The van der Waals surface area contributed by atoms with Gasteiger partial charge < -0.3 is 14.8 Å². The average molecular weight is 319 g/mol. The molecule has 2 aromatic carbocycles. The number of benzene rings is 2. The van der Waals surface area contributed by atoms with Crippen LogP contribution in [-0.4, -0.2) is 21.5 Å². The zero-order valence-corrected chi connectivity index (χ0v) is 13.2. The Hall–Kier alpha value is -2.21. The van der Waals surface area contributed by atoms with Gasteiger partial charge in [0.15, 0.2) is 21.3 Å². The monoisotopic (exact) mass is 319 g/mol. The number of rotatable bonds is 4. The molecule has 0 bridgehead atoms. The van der Waals surface area contributed by atoms with Crippen molar-refractivity contribution in [2.45, 2.75) is 17.9 Å². The number of fused-ring (bicyclic) bond motifs is 1. The first-order valence-electron chi connectivity index (χ1n) is 6.90. The van der Waals surface area contributed by atoms with Gasteiger partial charge in [-0.2, -0.15) is 0 Å². The van der Waals surface area contributed by atoms with Crippen molar-refractivity contribution < 1.29 is 17.9 Å². The molecule has 0 radical (unpaired) electrons. The minimum atomic E-state index is -3.17. The van der Waals surface area contributed by atoms with E-state index in [4.69, 9.17) is 9.47 Å². The summed E-state index contributed by atoms with van der Waals surface area (Å²) in [5.74, 6) is 1.44. The molecule has 0 unspecified atom stereocenters. The molecule has 0 aromatic heterocycles. The molecule has 0 fully saturated rings. The number of anilines is 1. The average Bonchev–Trinajstić information content (AvgIpc) is 2.96. The maximum atomic E-state index is 11.5. The summed E-state index contributed by atoms with van der Waals surface area (Å²) in [6, 6.07) is 12.6. The molecule has 0 amide bonds. The van der Waals surface area contributed by atoms with E-state index < -0.39 is 9.84 Å². The van der Waals surface area contributed by atoms with Crippen LogP contribution in [0.25, 0.3) is 0 Å². The van der Waals surface area contributed by atoms with Crippen molar-refractivity contribution >= 4 is 15.5 Å². The summed E-state index contributed by atoms with van der Waals surface area (Å²) in [5.41, 5.74) is 1.85. The molecule has 1 N–H and O–H groups in total. The van der Waals surface area contributed by atoms with Crippen molar-refractivity contribution in [3.8, 4) is 11.5 Å². The fourth-order valence-corrected chi connectivity index (χ4v) is 2.99. The van der Waals surface area contributed by atoms with Gasteiger partial charge in [0.1, 0.15) is 0 Å². The summed E-state index contributed by atoms with van der Waals surface area (Å²) in [5, 5.41) is 3.36. The second-order valence-electron chi connectivity index (χ2n) is 5.25. The lowest BCUT2D eigenvalue weighted by Gasteiger charge is -2.17. The van der Waals surface area contributed by atoms with E-state index in [2.05, 4.69) is 5.32 Å². The van der Waals surface area contributed by atoms with Gasteiger partial charge in [0, 0.05) is 12.3 Å². The van der Waals surface area contributed by atoms with Crippen molar-refractivity contribution in [2.24, 2.45) is 0 Å². The molecule has 0 saturated carbocycles. The summed E-state index contributed by atoms with van der Waals surface area (Å²) in [4.78, 5) is 0.320. The third-order valence-corrected chi connectivity index (χ3v) is 4.71. The van der Waals surface area contributed by atoms with Crippen LogP contribution >= 0.6 is 0 Å². The van der Waals surface area contributed by atoms with Crippen LogP contribution in [0.4, 0.5) is 5.69 Å². The van der Waals surface area contributed by atoms with Crippen LogP contribution in [0.5, 0.6) is 11.5 Å². The van der Waals surface area contributed by atoms with Crippen molar-refractivity contribution in [1.29, 1.82) is 0 Å². The number of ether oxygens (including phenoxy) is 2. The second kappa shape index (κ2) is 5.53. The minimum Gasteiger partial charge on any atom is -0.454 e. The zero-order valence-electron chi connectivity index (χ0n) is 12.4. The van der Waals surface area contributed by atoms with Gasteiger partial charge in [0.25, 0.3) is 0 Å². The molecular formula is C16H17NO4S. The van der Waals surface area contributed by atoms with Gasteiger partial charge in [-0.15, -0.1) is 0 Å².